The Morgan fingerprint density at radius 1 is 1.20 bits per heavy atom. The Hall–Kier alpha value is -0.630. The Bertz CT molecular complexity index is 345. The Balaban J connectivity index is 2.92. The molecule has 0 aromatic heterocycles. The summed E-state index contributed by atoms with van der Waals surface area (Å²) in [5.41, 5.74) is 3.29. The zero-order valence-electron chi connectivity index (χ0n) is 10.1. The Morgan fingerprint density at radius 3 is 2.47 bits per heavy atom. The van der Waals surface area contributed by atoms with Crippen molar-refractivity contribution in [3.8, 4) is 5.75 Å². The molecule has 0 bridgehead atoms. The van der Waals surface area contributed by atoms with Gasteiger partial charge in [0.05, 0.1) is 0 Å². The number of hydrogen-bond donors (Lipinski definition) is 1. The lowest BCUT2D eigenvalue weighted by atomic mass is 10.1. The van der Waals surface area contributed by atoms with Crippen molar-refractivity contribution in [3.05, 3.63) is 22.8 Å². The quantitative estimate of drug-likeness (QED) is 0.610. The van der Waals surface area contributed by atoms with Crippen LogP contribution in [-0.4, -0.2) is 10.9 Å². The van der Waals surface area contributed by atoms with Crippen LogP contribution >= 0.6 is 11.8 Å². The number of phenols is 1. The molecular weight excluding hydrogens is 204 g/mol. The van der Waals surface area contributed by atoms with Gasteiger partial charge in [-0.25, -0.2) is 0 Å². The summed E-state index contributed by atoms with van der Waals surface area (Å²) in [5.74, 6) is 1.60. The lowest BCUT2D eigenvalue weighted by Gasteiger charge is -2.12. The Morgan fingerprint density at radius 2 is 1.87 bits per heavy atom. The van der Waals surface area contributed by atoms with Gasteiger partial charge in [-0.2, -0.15) is 0 Å². The third-order valence-corrected chi connectivity index (χ3v) is 4.01. The third-order valence-electron chi connectivity index (χ3n) is 2.60. The van der Waals surface area contributed by atoms with Crippen LogP contribution in [0.15, 0.2) is 11.0 Å². The molecule has 2 heteroatoms. The molecule has 1 aromatic carbocycles. The highest BCUT2D eigenvalue weighted by molar-refractivity contribution is 7.99. The van der Waals surface area contributed by atoms with E-state index in [1.54, 1.807) is 0 Å². The second kappa shape index (κ2) is 5.45. The standard InChI is InChI=1S/C13H20OS/c1-5-6-7-15-13-10(3)8-9(2)12(14)11(13)4/h8,14H,5-7H2,1-4H3. The molecule has 0 unspecified atom stereocenters. The minimum absolute atomic E-state index is 0.458. The van der Waals surface area contributed by atoms with Crippen LogP contribution in [0.4, 0.5) is 0 Å². The van der Waals surface area contributed by atoms with Gasteiger partial charge in [0.25, 0.3) is 0 Å². The summed E-state index contributed by atoms with van der Waals surface area (Å²) in [4.78, 5) is 1.26. The number of aryl methyl sites for hydroxylation is 2. The average molecular weight is 224 g/mol. The fraction of sp³-hybridized carbons (Fsp3) is 0.538. The van der Waals surface area contributed by atoms with E-state index in [1.807, 2.05) is 25.6 Å². The van der Waals surface area contributed by atoms with E-state index in [1.165, 1.54) is 23.3 Å². The molecule has 0 radical (unpaired) electrons. The molecule has 0 saturated heterocycles. The van der Waals surface area contributed by atoms with Crippen molar-refractivity contribution in [2.75, 3.05) is 5.75 Å². The summed E-state index contributed by atoms with van der Waals surface area (Å²) in [6.07, 6.45) is 2.46. The first kappa shape index (κ1) is 12.4. The van der Waals surface area contributed by atoms with Gasteiger partial charge in [0, 0.05) is 10.5 Å². The number of hydrogen-bond acceptors (Lipinski definition) is 2. The number of phenolic OH excluding ortho intramolecular Hbond substituents is 1. The first-order valence-corrected chi connectivity index (χ1v) is 6.49. The molecule has 0 aliphatic heterocycles. The van der Waals surface area contributed by atoms with Crippen LogP contribution in [0.2, 0.25) is 0 Å². The molecule has 1 N–H and O–H groups in total. The molecule has 0 fully saturated rings. The summed E-state index contributed by atoms with van der Waals surface area (Å²) in [6, 6.07) is 2.07. The van der Waals surface area contributed by atoms with Crippen LogP contribution in [0.25, 0.3) is 0 Å². The largest absolute Gasteiger partial charge is 0.507 e. The normalized spacial score (nSPS) is 10.7. The van der Waals surface area contributed by atoms with E-state index in [4.69, 9.17) is 0 Å². The number of rotatable bonds is 4. The predicted octanol–water partition coefficient (Wildman–Crippen LogP) is 4.21. The average Bonchev–Trinajstić information content (AvgIpc) is 2.20. The summed E-state index contributed by atoms with van der Waals surface area (Å²) >= 11 is 1.86. The van der Waals surface area contributed by atoms with Crippen LogP contribution in [0.1, 0.15) is 36.5 Å². The molecule has 0 aliphatic rings. The maximum atomic E-state index is 9.85. The molecule has 84 valence electrons. The Labute approximate surface area is 96.9 Å². The van der Waals surface area contributed by atoms with Gasteiger partial charge in [0.1, 0.15) is 5.75 Å². The van der Waals surface area contributed by atoms with Gasteiger partial charge in [-0.05, 0) is 44.1 Å². The maximum absolute atomic E-state index is 9.85. The van der Waals surface area contributed by atoms with E-state index in [9.17, 15) is 5.11 Å². The van der Waals surface area contributed by atoms with E-state index in [2.05, 4.69) is 19.9 Å². The molecule has 0 saturated carbocycles. The molecule has 15 heavy (non-hydrogen) atoms. The summed E-state index contributed by atoms with van der Waals surface area (Å²) in [6.45, 7) is 8.28. The van der Waals surface area contributed by atoms with Gasteiger partial charge in [0.2, 0.25) is 0 Å². The topological polar surface area (TPSA) is 20.2 Å². The predicted molar refractivity (Wildman–Crippen MR) is 67.9 cm³/mol. The van der Waals surface area contributed by atoms with Crippen molar-refractivity contribution in [2.24, 2.45) is 0 Å². The molecule has 1 aromatic rings. The molecule has 0 aliphatic carbocycles. The number of thioether (sulfide) groups is 1. The second-order valence-corrected chi connectivity index (χ2v) is 5.12. The molecule has 0 heterocycles. The van der Waals surface area contributed by atoms with Gasteiger partial charge in [0.15, 0.2) is 0 Å². The van der Waals surface area contributed by atoms with Crippen molar-refractivity contribution in [1.82, 2.24) is 0 Å². The molecular formula is C13H20OS. The van der Waals surface area contributed by atoms with Crippen molar-refractivity contribution in [3.63, 3.8) is 0 Å². The molecule has 0 amide bonds. The zero-order valence-corrected chi connectivity index (χ0v) is 10.9. The first-order chi connectivity index (χ1) is 7.07. The van der Waals surface area contributed by atoms with Crippen molar-refractivity contribution < 1.29 is 5.11 Å². The molecule has 0 atom stereocenters. The molecule has 0 spiro atoms. The SMILES string of the molecule is CCCCSc1c(C)cc(C)c(O)c1C. The summed E-state index contributed by atoms with van der Waals surface area (Å²) in [5, 5.41) is 9.85. The van der Waals surface area contributed by atoms with Gasteiger partial charge in [-0.3, -0.25) is 0 Å². The fourth-order valence-electron chi connectivity index (χ4n) is 1.70. The van der Waals surface area contributed by atoms with Crippen LogP contribution < -0.4 is 0 Å². The van der Waals surface area contributed by atoms with E-state index in [0.29, 0.717) is 5.75 Å². The smallest absolute Gasteiger partial charge is 0.122 e. The van der Waals surface area contributed by atoms with Crippen LogP contribution in [0.3, 0.4) is 0 Å². The van der Waals surface area contributed by atoms with Crippen molar-refractivity contribution in [2.45, 2.75) is 45.4 Å². The highest BCUT2D eigenvalue weighted by atomic mass is 32.2. The van der Waals surface area contributed by atoms with Gasteiger partial charge < -0.3 is 5.11 Å². The minimum atomic E-state index is 0.458. The van der Waals surface area contributed by atoms with Gasteiger partial charge in [-0.1, -0.05) is 19.4 Å². The lowest BCUT2D eigenvalue weighted by Crippen LogP contribution is -1.91. The summed E-state index contributed by atoms with van der Waals surface area (Å²) in [7, 11) is 0. The van der Waals surface area contributed by atoms with E-state index < -0.39 is 0 Å². The lowest BCUT2D eigenvalue weighted by molar-refractivity contribution is 0.464. The van der Waals surface area contributed by atoms with Gasteiger partial charge in [-0.15, -0.1) is 11.8 Å². The molecule has 1 nitrogen and oxygen atoms in total. The van der Waals surface area contributed by atoms with E-state index in [0.717, 1.165) is 16.9 Å². The fourth-order valence-corrected chi connectivity index (χ4v) is 2.94. The third kappa shape index (κ3) is 2.91. The van der Waals surface area contributed by atoms with Crippen molar-refractivity contribution >= 4 is 11.8 Å². The highest BCUT2D eigenvalue weighted by Crippen LogP contribution is 2.34. The number of benzene rings is 1. The zero-order chi connectivity index (χ0) is 11.4. The molecule has 1 rings (SSSR count). The maximum Gasteiger partial charge on any atom is 0.122 e. The minimum Gasteiger partial charge on any atom is -0.507 e. The Kier molecular flexibility index (Phi) is 4.52. The van der Waals surface area contributed by atoms with Gasteiger partial charge >= 0.3 is 0 Å². The highest BCUT2D eigenvalue weighted by Gasteiger charge is 2.09. The summed E-state index contributed by atoms with van der Waals surface area (Å²) < 4.78 is 0. The van der Waals surface area contributed by atoms with E-state index in [-0.39, 0.29) is 0 Å². The first-order valence-electron chi connectivity index (χ1n) is 5.50. The second-order valence-electron chi connectivity index (χ2n) is 4.02. The van der Waals surface area contributed by atoms with E-state index >= 15 is 0 Å². The number of aromatic hydroxyl groups is 1. The number of unbranched alkanes of at least 4 members (excludes halogenated alkanes) is 1. The van der Waals surface area contributed by atoms with Crippen molar-refractivity contribution in [1.29, 1.82) is 0 Å². The van der Waals surface area contributed by atoms with Crippen LogP contribution in [-0.2, 0) is 0 Å². The van der Waals surface area contributed by atoms with Crippen LogP contribution in [0.5, 0.6) is 5.75 Å². The van der Waals surface area contributed by atoms with Crippen LogP contribution in [0, 0.1) is 20.8 Å². The monoisotopic (exact) mass is 224 g/mol.